The van der Waals surface area contributed by atoms with E-state index in [0.717, 1.165) is 31.3 Å². The largest absolute Gasteiger partial charge is 0.444 e. The second kappa shape index (κ2) is 8.65. The summed E-state index contributed by atoms with van der Waals surface area (Å²) in [7, 11) is 0. The fourth-order valence-electron chi connectivity index (χ4n) is 2.80. The van der Waals surface area contributed by atoms with Crippen LogP contribution in [0.1, 0.15) is 67.2 Å². The molecule has 1 aliphatic rings. The summed E-state index contributed by atoms with van der Waals surface area (Å²) in [6.07, 6.45) is 5.17. The Kier molecular flexibility index (Phi) is 6.55. The Hall–Kier alpha value is -2.63. The summed E-state index contributed by atoms with van der Waals surface area (Å²) in [5.41, 5.74) is 1.34. The molecule has 0 unspecified atom stereocenters. The Morgan fingerprint density at radius 1 is 1.15 bits per heavy atom. The van der Waals surface area contributed by atoms with Gasteiger partial charge in [-0.3, -0.25) is 9.59 Å². The molecule has 0 aromatic heterocycles. The Morgan fingerprint density at radius 2 is 1.81 bits per heavy atom. The fraction of sp³-hybridized carbons (Fsp3) is 0.450. The first-order valence-corrected chi connectivity index (χ1v) is 8.81. The molecule has 1 aromatic rings. The molecule has 6 nitrogen and oxygen atoms in total. The normalized spacial score (nSPS) is 17.2. The minimum Gasteiger partial charge on any atom is -0.444 e. The molecule has 140 valence electrons. The lowest BCUT2D eigenvalue weighted by atomic mass is 9.91. The molecule has 2 rings (SSSR count). The first-order valence-electron chi connectivity index (χ1n) is 8.81. The molecule has 2 N–H and O–H groups in total. The van der Waals surface area contributed by atoms with E-state index in [1.807, 2.05) is 20.8 Å². The van der Waals surface area contributed by atoms with Crippen LogP contribution in [0.15, 0.2) is 36.0 Å². The Bertz CT molecular complexity index is 694. The average molecular weight is 358 g/mol. The van der Waals surface area contributed by atoms with Gasteiger partial charge in [-0.1, -0.05) is 23.8 Å². The Labute approximate surface area is 154 Å². The van der Waals surface area contributed by atoms with Gasteiger partial charge in [-0.25, -0.2) is 4.79 Å². The maximum Gasteiger partial charge on any atom is 0.407 e. The zero-order chi connectivity index (χ0) is 19.2. The molecule has 0 radical (unpaired) electrons. The number of nitrogens with one attached hydrogen (secondary N) is 2. The van der Waals surface area contributed by atoms with Gasteiger partial charge in [0, 0.05) is 17.8 Å². The first-order chi connectivity index (χ1) is 12.3. The van der Waals surface area contributed by atoms with Crippen molar-refractivity contribution in [1.82, 2.24) is 10.6 Å². The number of hydrogen-bond acceptors (Lipinski definition) is 4. The molecule has 0 spiro atoms. The van der Waals surface area contributed by atoms with Gasteiger partial charge in [0.2, 0.25) is 0 Å². The van der Waals surface area contributed by atoms with Crippen molar-refractivity contribution in [3.8, 4) is 0 Å². The highest BCUT2D eigenvalue weighted by atomic mass is 16.6. The number of carbonyl (C=O) groups is 3. The number of allylic oxidation sites excluding steroid dienone is 1. The molecule has 1 aromatic carbocycles. The molecule has 0 bridgehead atoms. The van der Waals surface area contributed by atoms with Crippen LogP contribution < -0.4 is 10.6 Å². The summed E-state index contributed by atoms with van der Waals surface area (Å²) in [5.74, 6) is -0.297. The van der Waals surface area contributed by atoms with E-state index in [9.17, 15) is 14.4 Å². The van der Waals surface area contributed by atoms with E-state index in [4.69, 9.17) is 4.74 Å². The lowest BCUT2D eigenvalue weighted by molar-refractivity contribution is 0.0496. The molecule has 0 heterocycles. The Morgan fingerprint density at radius 3 is 2.42 bits per heavy atom. The number of ether oxygens (including phenoxy) is 1. The third-order valence-corrected chi connectivity index (χ3v) is 4.09. The molecule has 0 aliphatic heterocycles. The number of benzene rings is 1. The summed E-state index contributed by atoms with van der Waals surface area (Å²) >= 11 is 0. The molecule has 6 heteroatoms. The minimum atomic E-state index is -0.508. The number of hydrogen-bond donors (Lipinski definition) is 2. The van der Waals surface area contributed by atoms with Gasteiger partial charge in [-0.2, -0.15) is 0 Å². The maximum absolute atomic E-state index is 12.2. The van der Waals surface area contributed by atoms with Gasteiger partial charge in [0.15, 0.2) is 6.29 Å². The van der Waals surface area contributed by atoms with Crippen molar-refractivity contribution in [3.63, 3.8) is 0 Å². The summed E-state index contributed by atoms with van der Waals surface area (Å²) in [6.45, 7) is 5.50. The predicted molar refractivity (Wildman–Crippen MR) is 99.0 cm³/mol. The van der Waals surface area contributed by atoms with Gasteiger partial charge in [-0.05, 0) is 52.5 Å². The van der Waals surface area contributed by atoms with E-state index in [-0.39, 0.29) is 11.9 Å². The quantitative estimate of drug-likeness (QED) is 0.806. The standard InChI is InChI=1S/C20H26N2O4/c1-20(2,3)26-19(25)22-16-10-8-14(9-11-16)12-21-18(24)17-7-5-4-6-15(17)13-23/h4-7,12-13,16H,8-11H2,1-3H3,(H,21,24)(H,22,25). The summed E-state index contributed by atoms with van der Waals surface area (Å²) in [5, 5.41) is 5.65. The monoisotopic (exact) mass is 358 g/mol. The molecule has 1 fully saturated rings. The van der Waals surface area contributed by atoms with Crippen molar-refractivity contribution < 1.29 is 19.1 Å². The topological polar surface area (TPSA) is 84.5 Å². The van der Waals surface area contributed by atoms with Crippen molar-refractivity contribution >= 4 is 18.3 Å². The lowest BCUT2D eigenvalue weighted by Gasteiger charge is -2.27. The molecule has 2 amide bonds. The molecule has 0 saturated heterocycles. The van der Waals surface area contributed by atoms with Crippen LogP contribution in [-0.4, -0.2) is 29.9 Å². The van der Waals surface area contributed by atoms with Crippen molar-refractivity contribution in [3.05, 3.63) is 47.2 Å². The van der Waals surface area contributed by atoms with Crippen LogP contribution in [0.5, 0.6) is 0 Å². The second-order valence-electron chi connectivity index (χ2n) is 7.40. The molecule has 1 aliphatic carbocycles. The maximum atomic E-state index is 12.2. The van der Waals surface area contributed by atoms with Crippen molar-refractivity contribution in [1.29, 1.82) is 0 Å². The van der Waals surface area contributed by atoms with Crippen LogP contribution in [0, 0.1) is 0 Å². The van der Waals surface area contributed by atoms with Crippen LogP contribution in [0.2, 0.25) is 0 Å². The highest BCUT2D eigenvalue weighted by molar-refractivity contribution is 6.01. The fourth-order valence-corrected chi connectivity index (χ4v) is 2.80. The second-order valence-corrected chi connectivity index (χ2v) is 7.40. The van der Waals surface area contributed by atoms with Crippen molar-refractivity contribution in [2.45, 2.75) is 58.1 Å². The van der Waals surface area contributed by atoms with E-state index in [2.05, 4.69) is 10.6 Å². The van der Waals surface area contributed by atoms with Crippen LogP contribution in [-0.2, 0) is 4.74 Å². The smallest absolute Gasteiger partial charge is 0.407 e. The van der Waals surface area contributed by atoms with Crippen molar-refractivity contribution in [2.75, 3.05) is 0 Å². The van der Waals surface area contributed by atoms with Gasteiger partial charge < -0.3 is 15.4 Å². The van der Waals surface area contributed by atoms with E-state index in [0.29, 0.717) is 17.4 Å². The van der Waals surface area contributed by atoms with E-state index < -0.39 is 11.7 Å². The molecular weight excluding hydrogens is 332 g/mol. The highest BCUT2D eigenvalue weighted by Crippen LogP contribution is 2.23. The minimum absolute atomic E-state index is 0.0773. The number of amides is 2. The summed E-state index contributed by atoms with van der Waals surface area (Å²) < 4.78 is 5.27. The van der Waals surface area contributed by atoms with Crippen LogP contribution in [0.3, 0.4) is 0 Å². The third kappa shape index (κ3) is 6.02. The number of aldehydes is 1. The van der Waals surface area contributed by atoms with Crippen LogP contribution in [0.25, 0.3) is 0 Å². The van der Waals surface area contributed by atoms with Crippen LogP contribution in [0.4, 0.5) is 4.79 Å². The van der Waals surface area contributed by atoms with Gasteiger partial charge in [-0.15, -0.1) is 0 Å². The van der Waals surface area contributed by atoms with Gasteiger partial charge >= 0.3 is 6.09 Å². The zero-order valence-corrected chi connectivity index (χ0v) is 15.5. The van der Waals surface area contributed by atoms with Gasteiger partial charge in [0.25, 0.3) is 5.91 Å². The van der Waals surface area contributed by atoms with E-state index in [1.54, 1.807) is 30.5 Å². The number of carbonyl (C=O) groups excluding carboxylic acids is 3. The van der Waals surface area contributed by atoms with E-state index >= 15 is 0 Å². The third-order valence-electron chi connectivity index (χ3n) is 4.09. The van der Waals surface area contributed by atoms with Gasteiger partial charge in [0.1, 0.15) is 5.60 Å². The number of rotatable bonds is 4. The SMILES string of the molecule is CC(C)(C)OC(=O)NC1CCC(=CNC(=O)c2ccccc2C=O)CC1. The first kappa shape index (κ1) is 19.7. The Balaban J connectivity index is 1.83. The molecule has 0 atom stereocenters. The highest BCUT2D eigenvalue weighted by Gasteiger charge is 2.22. The summed E-state index contributed by atoms with van der Waals surface area (Å²) in [4.78, 5) is 35.0. The zero-order valence-electron chi connectivity index (χ0n) is 15.5. The molecule has 1 saturated carbocycles. The number of alkyl carbamates (subject to hydrolysis) is 1. The van der Waals surface area contributed by atoms with Crippen LogP contribution >= 0.6 is 0 Å². The average Bonchev–Trinajstić information content (AvgIpc) is 2.59. The summed E-state index contributed by atoms with van der Waals surface area (Å²) in [6, 6.07) is 6.76. The molecule has 26 heavy (non-hydrogen) atoms. The van der Waals surface area contributed by atoms with E-state index in [1.165, 1.54) is 0 Å². The van der Waals surface area contributed by atoms with Gasteiger partial charge in [0.05, 0.1) is 5.56 Å². The molecular formula is C20H26N2O4. The predicted octanol–water partition coefficient (Wildman–Crippen LogP) is 3.58. The lowest BCUT2D eigenvalue weighted by Crippen LogP contribution is -2.40. The van der Waals surface area contributed by atoms with Crippen molar-refractivity contribution in [2.24, 2.45) is 0 Å².